The SMILES string of the molecule is CCCCOC(=O)c1ccc(NC(=S)NC(=O)c2cccc(C)c2OC)cc1. The van der Waals surface area contributed by atoms with E-state index in [0.717, 1.165) is 18.4 Å². The van der Waals surface area contributed by atoms with E-state index in [4.69, 9.17) is 21.7 Å². The molecule has 6 nitrogen and oxygen atoms in total. The Hall–Kier alpha value is -2.93. The van der Waals surface area contributed by atoms with E-state index in [1.807, 2.05) is 19.9 Å². The minimum Gasteiger partial charge on any atom is -0.496 e. The van der Waals surface area contributed by atoms with Crippen molar-refractivity contribution < 1.29 is 19.1 Å². The molecule has 0 aliphatic rings. The van der Waals surface area contributed by atoms with Crippen molar-refractivity contribution in [3.63, 3.8) is 0 Å². The van der Waals surface area contributed by atoms with Crippen molar-refractivity contribution >= 4 is 34.9 Å². The Morgan fingerprint density at radius 2 is 1.82 bits per heavy atom. The van der Waals surface area contributed by atoms with Gasteiger partial charge in [0.2, 0.25) is 0 Å². The molecule has 1 amide bonds. The highest BCUT2D eigenvalue weighted by atomic mass is 32.1. The molecule has 0 saturated carbocycles. The molecule has 2 aromatic carbocycles. The van der Waals surface area contributed by atoms with Gasteiger partial charge in [0.15, 0.2) is 5.11 Å². The summed E-state index contributed by atoms with van der Waals surface area (Å²) in [4.78, 5) is 24.4. The van der Waals surface area contributed by atoms with E-state index in [9.17, 15) is 9.59 Å². The number of hydrogen-bond acceptors (Lipinski definition) is 5. The van der Waals surface area contributed by atoms with E-state index in [0.29, 0.717) is 29.2 Å². The van der Waals surface area contributed by atoms with Crippen molar-refractivity contribution in [2.45, 2.75) is 26.7 Å². The normalized spacial score (nSPS) is 10.1. The lowest BCUT2D eigenvalue weighted by molar-refractivity contribution is 0.0499. The van der Waals surface area contributed by atoms with Crippen LogP contribution in [0.25, 0.3) is 0 Å². The molecular weight excluding hydrogens is 376 g/mol. The van der Waals surface area contributed by atoms with Gasteiger partial charge in [-0.25, -0.2) is 4.79 Å². The molecule has 0 spiro atoms. The molecule has 0 fully saturated rings. The predicted octanol–water partition coefficient (Wildman–Crippen LogP) is 4.09. The van der Waals surface area contributed by atoms with E-state index in [-0.39, 0.29) is 17.0 Å². The maximum absolute atomic E-state index is 12.5. The average Bonchev–Trinajstić information content (AvgIpc) is 2.68. The highest BCUT2D eigenvalue weighted by Crippen LogP contribution is 2.22. The minimum atomic E-state index is -0.367. The number of nitrogens with one attached hydrogen (secondary N) is 2. The Balaban J connectivity index is 1.95. The Morgan fingerprint density at radius 3 is 2.46 bits per heavy atom. The zero-order valence-corrected chi connectivity index (χ0v) is 17.0. The van der Waals surface area contributed by atoms with Crippen molar-refractivity contribution in [2.24, 2.45) is 0 Å². The number of amides is 1. The quantitative estimate of drug-likeness (QED) is 0.414. The molecule has 7 heteroatoms. The van der Waals surface area contributed by atoms with Crippen LogP contribution in [0.3, 0.4) is 0 Å². The first-order chi connectivity index (χ1) is 13.5. The number of unbranched alkanes of at least 4 members (excludes halogenated alkanes) is 1. The number of carbonyl (C=O) groups is 2. The van der Waals surface area contributed by atoms with Crippen LogP contribution < -0.4 is 15.4 Å². The second-order valence-corrected chi connectivity index (χ2v) is 6.54. The van der Waals surface area contributed by atoms with E-state index in [1.165, 1.54) is 7.11 Å². The van der Waals surface area contributed by atoms with Crippen LogP contribution in [0, 0.1) is 6.92 Å². The number of para-hydroxylation sites is 1. The number of aryl methyl sites for hydroxylation is 1. The Kier molecular flexibility index (Phi) is 7.95. The van der Waals surface area contributed by atoms with Gasteiger partial charge in [-0.15, -0.1) is 0 Å². The number of benzene rings is 2. The molecule has 2 rings (SSSR count). The van der Waals surface area contributed by atoms with Crippen LogP contribution in [-0.2, 0) is 4.74 Å². The lowest BCUT2D eigenvalue weighted by Gasteiger charge is -2.13. The molecule has 0 atom stereocenters. The van der Waals surface area contributed by atoms with Gasteiger partial charge in [0.1, 0.15) is 5.75 Å². The third kappa shape index (κ3) is 5.79. The van der Waals surface area contributed by atoms with Gasteiger partial charge in [-0.05, 0) is 61.5 Å². The van der Waals surface area contributed by atoms with Crippen molar-refractivity contribution in [2.75, 3.05) is 19.0 Å². The smallest absolute Gasteiger partial charge is 0.338 e. The molecular formula is C21H24N2O4S. The fourth-order valence-corrected chi connectivity index (χ4v) is 2.73. The minimum absolute atomic E-state index is 0.145. The van der Waals surface area contributed by atoms with Crippen LogP contribution in [0.4, 0.5) is 5.69 Å². The second kappa shape index (κ2) is 10.4. The number of carbonyl (C=O) groups excluding carboxylic acids is 2. The summed E-state index contributed by atoms with van der Waals surface area (Å²) in [6.45, 7) is 4.31. The molecule has 148 valence electrons. The van der Waals surface area contributed by atoms with Crippen LogP contribution in [0.15, 0.2) is 42.5 Å². The second-order valence-electron chi connectivity index (χ2n) is 6.13. The van der Waals surface area contributed by atoms with Crippen molar-refractivity contribution in [3.05, 3.63) is 59.2 Å². The summed E-state index contributed by atoms with van der Waals surface area (Å²) in [6, 6.07) is 12.0. The lowest BCUT2D eigenvalue weighted by Crippen LogP contribution is -2.34. The summed E-state index contributed by atoms with van der Waals surface area (Å²) in [7, 11) is 1.52. The van der Waals surface area contributed by atoms with Crippen molar-refractivity contribution in [1.29, 1.82) is 0 Å². The molecule has 0 radical (unpaired) electrons. The van der Waals surface area contributed by atoms with Crippen molar-refractivity contribution in [3.8, 4) is 5.75 Å². The first-order valence-corrected chi connectivity index (χ1v) is 9.40. The molecule has 2 N–H and O–H groups in total. The van der Waals surface area contributed by atoms with E-state index >= 15 is 0 Å². The highest BCUT2D eigenvalue weighted by molar-refractivity contribution is 7.80. The molecule has 0 unspecified atom stereocenters. The zero-order chi connectivity index (χ0) is 20.5. The fraction of sp³-hybridized carbons (Fsp3) is 0.286. The largest absolute Gasteiger partial charge is 0.496 e. The topological polar surface area (TPSA) is 76.7 Å². The Bertz CT molecular complexity index is 850. The summed E-state index contributed by atoms with van der Waals surface area (Å²) < 4.78 is 10.5. The van der Waals surface area contributed by atoms with Crippen LogP contribution in [-0.4, -0.2) is 30.7 Å². The molecule has 0 bridgehead atoms. The number of thiocarbonyl (C=S) groups is 1. The number of anilines is 1. The Morgan fingerprint density at radius 1 is 1.11 bits per heavy atom. The van der Waals surface area contributed by atoms with Crippen LogP contribution >= 0.6 is 12.2 Å². The van der Waals surface area contributed by atoms with Gasteiger partial charge >= 0.3 is 5.97 Å². The van der Waals surface area contributed by atoms with Gasteiger partial charge in [0, 0.05) is 5.69 Å². The summed E-state index contributed by atoms with van der Waals surface area (Å²) >= 11 is 5.20. The molecule has 0 saturated heterocycles. The van der Waals surface area contributed by atoms with Crippen molar-refractivity contribution in [1.82, 2.24) is 5.32 Å². The number of esters is 1. The summed E-state index contributed by atoms with van der Waals surface area (Å²) in [6.07, 6.45) is 1.80. The highest BCUT2D eigenvalue weighted by Gasteiger charge is 2.15. The van der Waals surface area contributed by atoms with Gasteiger partial charge in [-0.1, -0.05) is 25.5 Å². The molecule has 0 aromatic heterocycles. The van der Waals surface area contributed by atoms with Crippen LogP contribution in [0.1, 0.15) is 46.0 Å². The predicted molar refractivity (Wildman–Crippen MR) is 113 cm³/mol. The van der Waals surface area contributed by atoms with Gasteiger partial charge in [-0.2, -0.15) is 0 Å². The van der Waals surface area contributed by atoms with Crippen LogP contribution in [0.5, 0.6) is 5.75 Å². The third-order valence-corrected chi connectivity index (χ3v) is 4.20. The molecule has 2 aromatic rings. The number of hydrogen-bond donors (Lipinski definition) is 2. The molecule has 0 aliphatic carbocycles. The number of rotatable bonds is 7. The molecule has 0 heterocycles. The molecule has 0 aliphatic heterocycles. The van der Waals surface area contributed by atoms with Gasteiger partial charge in [0.25, 0.3) is 5.91 Å². The van der Waals surface area contributed by atoms with Gasteiger partial charge < -0.3 is 14.8 Å². The van der Waals surface area contributed by atoms with E-state index < -0.39 is 0 Å². The standard InChI is InChI=1S/C21H24N2O4S/c1-4-5-13-27-20(25)15-9-11-16(12-10-15)22-21(28)23-19(24)17-8-6-7-14(2)18(17)26-3/h6-12H,4-5,13H2,1-3H3,(H2,22,23,24,28). The first-order valence-electron chi connectivity index (χ1n) is 8.99. The summed E-state index contributed by atoms with van der Waals surface area (Å²) in [5, 5.41) is 5.69. The fourth-order valence-electron chi connectivity index (χ4n) is 2.52. The summed E-state index contributed by atoms with van der Waals surface area (Å²) in [5.74, 6) is -0.217. The monoisotopic (exact) mass is 400 g/mol. The van der Waals surface area contributed by atoms with E-state index in [1.54, 1.807) is 36.4 Å². The van der Waals surface area contributed by atoms with E-state index in [2.05, 4.69) is 10.6 Å². The third-order valence-electron chi connectivity index (χ3n) is 4.00. The Labute approximate surface area is 170 Å². The number of ether oxygens (including phenoxy) is 2. The lowest BCUT2D eigenvalue weighted by atomic mass is 10.1. The average molecular weight is 401 g/mol. The summed E-state index contributed by atoms with van der Waals surface area (Å²) in [5.41, 5.74) is 2.36. The number of methoxy groups -OCH3 is 1. The maximum atomic E-state index is 12.5. The zero-order valence-electron chi connectivity index (χ0n) is 16.2. The molecule has 28 heavy (non-hydrogen) atoms. The van der Waals surface area contributed by atoms with Gasteiger partial charge in [0.05, 0.1) is 24.8 Å². The first kappa shape index (κ1) is 21.4. The maximum Gasteiger partial charge on any atom is 0.338 e. The van der Waals surface area contributed by atoms with Gasteiger partial charge in [-0.3, -0.25) is 10.1 Å². The van der Waals surface area contributed by atoms with Crippen LogP contribution in [0.2, 0.25) is 0 Å².